The van der Waals surface area contributed by atoms with Crippen molar-refractivity contribution in [2.24, 2.45) is 0 Å². The zero-order valence-electron chi connectivity index (χ0n) is 12.6. The van der Waals surface area contributed by atoms with Gasteiger partial charge in [-0.1, -0.05) is 26.0 Å². The van der Waals surface area contributed by atoms with Crippen LogP contribution in [-0.2, 0) is 0 Å². The summed E-state index contributed by atoms with van der Waals surface area (Å²) in [6.45, 7) is 5.27. The maximum atomic E-state index is 5.66. The lowest BCUT2D eigenvalue weighted by Gasteiger charge is -2.34. The predicted molar refractivity (Wildman–Crippen MR) is 92.2 cm³/mol. The highest BCUT2D eigenvalue weighted by molar-refractivity contribution is 8.07. The van der Waals surface area contributed by atoms with Crippen LogP contribution >= 0.6 is 23.5 Å². The van der Waals surface area contributed by atoms with Gasteiger partial charge >= 0.3 is 0 Å². The monoisotopic (exact) mass is 311 g/mol. The molecular weight excluding hydrogens is 286 g/mol. The molecule has 0 aromatic heterocycles. The van der Waals surface area contributed by atoms with Crippen LogP contribution in [0.15, 0.2) is 24.3 Å². The second kappa shape index (κ2) is 8.20. The first-order chi connectivity index (χ1) is 9.76. The molecule has 0 amide bonds. The molecule has 1 aromatic rings. The Morgan fingerprint density at radius 1 is 1.25 bits per heavy atom. The van der Waals surface area contributed by atoms with E-state index in [0.717, 1.165) is 18.8 Å². The van der Waals surface area contributed by atoms with E-state index >= 15 is 0 Å². The first-order valence-corrected chi connectivity index (χ1v) is 9.49. The standard InChI is InChI=1S/C16H25NOS2/c1-4-9-18-14-7-5-13(6-8-14)15(17-3)16-12(2)19-10-11-20-16/h5-8,12,15-17H,4,9-11H2,1-3H3. The zero-order chi connectivity index (χ0) is 14.4. The molecular formula is C16H25NOS2. The second-order valence-electron chi connectivity index (χ2n) is 5.10. The molecule has 1 saturated heterocycles. The molecule has 1 aromatic carbocycles. The quantitative estimate of drug-likeness (QED) is 0.857. The van der Waals surface area contributed by atoms with E-state index in [2.05, 4.69) is 74.0 Å². The highest BCUT2D eigenvalue weighted by Crippen LogP contribution is 2.38. The van der Waals surface area contributed by atoms with Gasteiger partial charge in [-0.25, -0.2) is 0 Å². The molecule has 0 bridgehead atoms. The van der Waals surface area contributed by atoms with Gasteiger partial charge in [0.05, 0.1) is 6.61 Å². The molecule has 1 fully saturated rings. The number of hydrogen-bond acceptors (Lipinski definition) is 4. The molecule has 112 valence electrons. The Kier molecular flexibility index (Phi) is 6.59. The van der Waals surface area contributed by atoms with Crippen LogP contribution in [0.2, 0.25) is 0 Å². The van der Waals surface area contributed by atoms with E-state index in [1.54, 1.807) is 0 Å². The largest absolute Gasteiger partial charge is 0.494 e. The van der Waals surface area contributed by atoms with Crippen LogP contribution in [-0.4, -0.2) is 35.7 Å². The van der Waals surface area contributed by atoms with Gasteiger partial charge in [-0.15, -0.1) is 0 Å². The minimum atomic E-state index is 0.419. The minimum Gasteiger partial charge on any atom is -0.494 e. The molecule has 2 nitrogen and oxygen atoms in total. The van der Waals surface area contributed by atoms with Crippen LogP contribution in [0.1, 0.15) is 31.9 Å². The molecule has 3 unspecified atom stereocenters. The van der Waals surface area contributed by atoms with Gasteiger partial charge < -0.3 is 10.1 Å². The zero-order valence-corrected chi connectivity index (χ0v) is 14.2. The van der Waals surface area contributed by atoms with Crippen LogP contribution in [0.25, 0.3) is 0 Å². The van der Waals surface area contributed by atoms with Gasteiger partial charge in [-0.05, 0) is 31.2 Å². The number of hydrogen-bond donors (Lipinski definition) is 1. The Hall–Kier alpha value is -0.320. The molecule has 0 spiro atoms. The maximum Gasteiger partial charge on any atom is 0.119 e. The molecule has 4 heteroatoms. The smallest absolute Gasteiger partial charge is 0.119 e. The molecule has 0 saturated carbocycles. The molecule has 3 atom stereocenters. The molecule has 1 heterocycles. The van der Waals surface area contributed by atoms with Gasteiger partial charge in [0.1, 0.15) is 5.75 Å². The van der Waals surface area contributed by atoms with Crippen molar-refractivity contribution in [1.82, 2.24) is 5.32 Å². The Bertz CT molecular complexity index is 396. The predicted octanol–water partition coefficient (Wildman–Crippen LogP) is 3.97. The van der Waals surface area contributed by atoms with Gasteiger partial charge in [-0.2, -0.15) is 23.5 Å². The lowest BCUT2D eigenvalue weighted by Crippen LogP contribution is -2.36. The summed E-state index contributed by atoms with van der Waals surface area (Å²) in [5, 5.41) is 4.84. The van der Waals surface area contributed by atoms with Crippen molar-refractivity contribution in [3.63, 3.8) is 0 Å². The Labute approximate surface area is 131 Å². The molecule has 20 heavy (non-hydrogen) atoms. The van der Waals surface area contributed by atoms with Crippen LogP contribution in [0.3, 0.4) is 0 Å². The number of nitrogens with one attached hydrogen (secondary N) is 1. The average molecular weight is 312 g/mol. The number of thioether (sulfide) groups is 2. The summed E-state index contributed by atoms with van der Waals surface area (Å²) < 4.78 is 5.66. The minimum absolute atomic E-state index is 0.419. The third kappa shape index (κ3) is 4.09. The van der Waals surface area contributed by atoms with Crippen LogP contribution in [0.5, 0.6) is 5.75 Å². The lowest BCUT2D eigenvalue weighted by atomic mass is 10.0. The van der Waals surface area contributed by atoms with E-state index in [0.29, 0.717) is 16.5 Å². The third-order valence-electron chi connectivity index (χ3n) is 3.59. The Balaban J connectivity index is 2.06. The van der Waals surface area contributed by atoms with Crippen molar-refractivity contribution in [2.45, 2.75) is 36.8 Å². The maximum absolute atomic E-state index is 5.66. The van der Waals surface area contributed by atoms with Gasteiger partial charge in [0, 0.05) is 28.0 Å². The normalized spacial score (nSPS) is 24.4. The fraction of sp³-hybridized carbons (Fsp3) is 0.625. The van der Waals surface area contributed by atoms with E-state index in [-0.39, 0.29) is 0 Å². The summed E-state index contributed by atoms with van der Waals surface area (Å²) in [5.41, 5.74) is 1.36. The van der Waals surface area contributed by atoms with Gasteiger partial charge in [-0.3, -0.25) is 0 Å². The van der Waals surface area contributed by atoms with Crippen molar-refractivity contribution in [1.29, 1.82) is 0 Å². The number of rotatable bonds is 6. The summed E-state index contributed by atoms with van der Waals surface area (Å²) in [6, 6.07) is 9.03. The molecule has 1 aliphatic heterocycles. The van der Waals surface area contributed by atoms with Crippen LogP contribution < -0.4 is 10.1 Å². The van der Waals surface area contributed by atoms with Gasteiger partial charge in [0.15, 0.2) is 0 Å². The first kappa shape index (κ1) is 16.1. The lowest BCUT2D eigenvalue weighted by molar-refractivity contribution is 0.317. The van der Waals surface area contributed by atoms with Crippen molar-refractivity contribution in [3.8, 4) is 5.75 Å². The highest BCUT2D eigenvalue weighted by atomic mass is 32.2. The summed E-state index contributed by atoms with van der Waals surface area (Å²) in [5.74, 6) is 3.52. The number of ether oxygens (including phenoxy) is 1. The van der Waals surface area contributed by atoms with E-state index in [1.807, 2.05) is 0 Å². The van der Waals surface area contributed by atoms with Crippen LogP contribution in [0.4, 0.5) is 0 Å². The second-order valence-corrected chi connectivity index (χ2v) is 7.87. The van der Waals surface area contributed by atoms with Crippen molar-refractivity contribution < 1.29 is 4.74 Å². The summed E-state index contributed by atoms with van der Waals surface area (Å²) in [7, 11) is 2.07. The summed E-state index contributed by atoms with van der Waals surface area (Å²) in [4.78, 5) is 0. The van der Waals surface area contributed by atoms with Crippen molar-refractivity contribution in [2.75, 3.05) is 25.2 Å². The van der Waals surface area contributed by atoms with E-state index in [4.69, 9.17) is 4.74 Å². The summed E-state index contributed by atoms with van der Waals surface area (Å²) >= 11 is 4.20. The Morgan fingerprint density at radius 3 is 2.55 bits per heavy atom. The van der Waals surface area contributed by atoms with E-state index in [9.17, 15) is 0 Å². The molecule has 0 aliphatic carbocycles. The average Bonchev–Trinajstić information content (AvgIpc) is 2.49. The highest BCUT2D eigenvalue weighted by Gasteiger charge is 2.30. The fourth-order valence-corrected chi connectivity index (χ4v) is 5.52. The molecule has 1 N–H and O–H groups in total. The molecule has 2 rings (SSSR count). The van der Waals surface area contributed by atoms with Crippen molar-refractivity contribution in [3.05, 3.63) is 29.8 Å². The topological polar surface area (TPSA) is 21.3 Å². The SMILES string of the molecule is CCCOc1ccc(C(NC)C2SCCSC2C)cc1. The first-order valence-electron chi connectivity index (χ1n) is 7.39. The molecule has 0 radical (unpaired) electrons. The Morgan fingerprint density at radius 2 is 1.95 bits per heavy atom. The van der Waals surface area contributed by atoms with E-state index < -0.39 is 0 Å². The van der Waals surface area contributed by atoms with E-state index in [1.165, 1.54) is 17.1 Å². The van der Waals surface area contributed by atoms with Gasteiger partial charge in [0.2, 0.25) is 0 Å². The van der Waals surface area contributed by atoms with Crippen LogP contribution in [0, 0.1) is 0 Å². The third-order valence-corrected chi connectivity index (χ3v) is 6.78. The van der Waals surface area contributed by atoms with Gasteiger partial charge in [0.25, 0.3) is 0 Å². The molecule has 1 aliphatic rings. The fourth-order valence-electron chi connectivity index (χ4n) is 2.53. The summed E-state index contributed by atoms with van der Waals surface area (Å²) in [6.07, 6.45) is 1.05. The number of benzene rings is 1. The van der Waals surface area contributed by atoms with Crippen molar-refractivity contribution >= 4 is 23.5 Å².